The van der Waals surface area contributed by atoms with Crippen LogP contribution in [0.2, 0.25) is 0 Å². The van der Waals surface area contributed by atoms with Crippen molar-refractivity contribution in [1.82, 2.24) is 4.98 Å². The number of methoxy groups -OCH3 is 1. The Balaban J connectivity index is 0.000000613. The van der Waals surface area contributed by atoms with Crippen LogP contribution in [0, 0.1) is 5.92 Å². The van der Waals surface area contributed by atoms with E-state index in [-0.39, 0.29) is 11.7 Å². The van der Waals surface area contributed by atoms with Crippen LogP contribution in [0.4, 0.5) is 0 Å². The van der Waals surface area contributed by atoms with E-state index in [1.54, 1.807) is 10.5 Å². The van der Waals surface area contributed by atoms with E-state index in [2.05, 4.69) is 23.3 Å². The molecule has 1 fully saturated rings. The minimum Gasteiger partial charge on any atom is -0.477 e. The second-order valence-electron chi connectivity index (χ2n) is 6.62. The number of benzene rings is 1. The summed E-state index contributed by atoms with van der Waals surface area (Å²) in [6.07, 6.45) is 5.02. The van der Waals surface area contributed by atoms with Crippen LogP contribution in [0.5, 0.6) is 5.88 Å². The first-order valence-corrected chi connectivity index (χ1v) is 10.5. The number of thiocarbonyl (C=S) groups is 1. The van der Waals surface area contributed by atoms with E-state index < -0.39 is 0 Å². The lowest BCUT2D eigenvalue weighted by Crippen LogP contribution is -2.25. The molecule has 0 N–H and O–H groups in total. The second-order valence-corrected chi connectivity index (χ2v) is 8.33. The Kier molecular flexibility index (Phi) is 6.94. The molecule has 2 aliphatic rings. The van der Waals surface area contributed by atoms with Gasteiger partial charge in [-0.05, 0) is 72.5 Å². The van der Waals surface area contributed by atoms with Gasteiger partial charge in [-0.15, -0.1) is 0 Å². The molecule has 2 aromatic rings. The van der Waals surface area contributed by atoms with Crippen LogP contribution in [0.15, 0.2) is 24.3 Å². The first kappa shape index (κ1) is 19.6. The Morgan fingerprint density at radius 2 is 2.04 bits per heavy atom. The zero-order chi connectivity index (χ0) is 18.5. The molecule has 2 heterocycles. The van der Waals surface area contributed by atoms with Crippen molar-refractivity contribution < 1.29 is 14.3 Å². The van der Waals surface area contributed by atoms with Gasteiger partial charge < -0.3 is 9.47 Å². The maximum Gasteiger partial charge on any atom is 0.217 e. The summed E-state index contributed by atoms with van der Waals surface area (Å²) in [5.41, 5.74) is 2.84. The number of nitrogens with zero attached hydrogens (tertiary/aromatic N) is 1. The minimum absolute atomic E-state index is 0.129. The number of carbonyl (C=O) groups is 1. The predicted octanol–water partition coefficient (Wildman–Crippen LogP) is 4.94. The van der Waals surface area contributed by atoms with E-state index in [4.69, 9.17) is 9.47 Å². The molecule has 4 rings (SSSR count). The van der Waals surface area contributed by atoms with E-state index in [1.165, 1.54) is 0 Å². The van der Waals surface area contributed by atoms with E-state index >= 15 is 0 Å². The van der Waals surface area contributed by atoms with Gasteiger partial charge in [-0.3, -0.25) is 4.79 Å². The third-order valence-electron chi connectivity index (χ3n) is 5.13. The lowest BCUT2D eigenvalue weighted by atomic mass is 9.82. The summed E-state index contributed by atoms with van der Waals surface area (Å²) in [6, 6.07) is 7.95. The summed E-state index contributed by atoms with van der Waals surface area (Å²) >= 11 is 6.23. The summed E-state index contributed by atoms with van der Waals surface area (Å²) in [4.78, 5) is 17.3. The van der Waals surface area contributed by atoms with E-state index in [9.17, 15) is 4.79 Å². The van der Waals surface area contributed by atoms with Gasteiger partial charge in [0, 0.05) is 39.3 Å². The van der Waals surface area contributed by atoms with Gasteiger partial charge in [0.25, 0.3) is 0 Å². The molecule has 1 saturated carbocycles. The molecule has 0 radical (unpaired) electrons. The Hall–Kier alpha value is -1.12. The number of ketones is 1. The first-order valence-electron chi connectivity index (χ1n) is 8.83. The van der Waals surface area contributed by atoms with Crippen molar-refractivity contribution in [3.8, 4) is 5.88 Å². The molecular formula is C20H22INO3S. The lowest BCUT2D eigenvalue weighted by Gasteiger charge is -2.26. The predicted molar refractivity (Wildman–Crippen MR) is 116 cm³/mol. The highest BCUT2D eigenvalue weighted by molar-refractivity contribution is 14.1. The van der Waals surface area contributed by atoms with Crippen molar-refractivity contribution in [2.75, 3.05) is 13.7 Å². The van der Waals surface area contributed by atoms with E-state index in [1.807, 2.05) is 40.8 Å². The van der Waals surface area contributed by atoms with Crippen molar-refractivity contribution in [2.45, 2.75) is 38.2 Å². The van der Waals surface area contributed by atoms with Crippen molar-refractivity contribution in [2.24, 2.45) is 5.92 Å². The summed E-state index contributed by atoms with van der Waals surface area (Å²) in [5.74, 6) is 1.14. The molecule has 0 bridgehead atoms. The number of hydrogen-bond acceptors (Lipinski definition) is 5. The molecule has 6 heteroatoms. The second kappa shape index (κ2) is 9.19. The average Bonchev–Trinajstić information content (AvgIpc) is 3.13. The van der Waals surface area contributed by atoms with Crippen LogP contribution in [-0.2, 0) is 11.2 Å². The molecule has 1 aromatic carbocycles. The highest BCUT2D eigenvalue weighted by atomic mass is 127. The average molecular weight is 483 g/mol. The minimum atomic E-state index is 0.129. The topological polar surface area (TPSA) is 48.4 Å². The van der Waals surface area contributed by atoms with Crippen LogP contribution in [0.1, 0.15) is 41.6 Å². The van der Waals surface area contributed by atoms with Crippen molar-refractivity contribution in [3.05, 3.63) is 35.4 Å². The number of rotatable bonds is 3. The fraction of sp³-hybridized carbons (Fsp3) is 0.450. The zero-order valence-corrected chi connectivity index (χ0v) is 17.7. The van der Waals surface area contributed by atoms with E-state index in [0.717, 1.165) is 60.0 Å². The third-order valence-corrected chi connectivity index (χ3v) is 5.13. The number of pyridine rings is 1. The van der Waals surface area contributed by atoms with Crippen molar-refractivity contribution in [1.29, 1.82) is 0 Å². The normalized spacial score (nSPS) is 21.3. The Bertz CT molecular complexity index is 803. The number of carbonyl (C=O) groups excluding carboxylic acids is 1. The molecule has 138 valence electrons. The molecule has 4 nitrogen and oxygen atoms in total. The molecule has 1 aliphatic heterocycles. The van der Waals surface area contributed by atoms with Gasteiger partial charge in [-0.25, -0.2) is 4.98 Å². The van der Waals surface area contributed by atoms with Gasteiger partial charge in [0.2, 0.25) is 5.88 Å². The summed E-state index contributed by atoms with van der Waals surface area (Å²) < 4.78 is 12.5. The zero-order valence-electron chi connectivity index (χ0n) is 14.7. The molecule has 0 amide bonds. The Morgan fingerprint density at radius 3 is 2.73 bits per heavy atom. The van der Waals surface area contributed by atoms with Gasteiger partial charge in [-0.1, -0.05) is 12.2 Å². The molecule has 1 aliphatic carbocycles. The Labute approximate surface area is 172 Å². The molecule has 0 saturated heterocycles. The molecule has 0 spiro atoms. The van der Waals surface area contributed by atoms with Gasteiger partial charge in [0.1, 0.15) is 0 Å². The number of halogens is 1. The summed E-state index contributed by atoms with van der Waals surface area (Å²) in [6.45, 7) is 0.702. The van der Waals surface area contributed by atoms with Crippen LogP contribution in [0.3, 0.4) is 0 Å². The highest BCUT2D eigenvalue weighted by Gasteiger charge is 2.27. The number of fused-ring (bicyclic) bond motifs is 2. The van der Waals surface area contributed by atoms with Gasteiger partial charge in [-0.2, -0.15) is 0 Å². The highest BCUT2D eigenvalue weighted by Crippen LogP contribution is 2.31. The van der Waals surface area contributed by atoms with Crippen LogP contribution in [0.25, 0.3) is 10.9 Å². The van der Waals surface area contributed by atoms with Crippen LogP contribution < -0.4 is 4.74 Å². The lowest BCUT2D eigenvalue weighted by molar-refractivity contribution is 0.0519. The smallest absolute Gasteiger partial charge is 0.217 e. The SMILES string of the molecule is COC1CCC(C(=O)c2ccc3nc4c(cc3c2)CCO4)CC1.S=CI. The standard InChI is InChI=1S/C19H21NO3.CHIS/c1-22-16-5-2-12(3-6-16)18(21)13-4-7-17-15(10-13)11-14-8-9-23-19(14)20-17;2-1-3/h4,7,10-12,16H,2-3,5-6,8-9H2,1H3;1H. The fourth-order valence-electron chi connectivity index (χ4n) is 3.71. The molecule has 26 heavy (non-hydrogen) atoms. The Morgan fingerprint density at radius 1 is 1.31 bits per heavy atom. The van der Waals surface area contributed by atoms with Crippen molar-refractivity contribution in [3.63, 3.8) is 0 Å². The maximum absolute atomic E-state index is 12.8. The monoisotopic (exact) mass is 483 g/mol. The summed E-state index contributed by atoms with van der Waals surface area (Å²) in [5, 5.41) is 1.03. The maximum atomic E-state index is 12.8. The third kappa shape index (κ3) is 4.40. The number of aromatic nitrogens is 1. The van der Waals surface area contributed by atoms with E-state index in [0.29, 0.717) is 12.7 Å². The largest absolute Gasteiger partial charge is 0.477 e. The quantitative estimate of drug-likeness (QED) is 0.268. The number of ether oxygens (including phenoxy) is 2. The van der Waals surface area contributed by atoms with Gasteiger partial charge in [0.05, 0.1) is 18.2 Å². The van der Waals surface area contributed by atoms with Crippen LogP contribution in [-0.4, -0.2) is 34.0 Å². The summed E-state index contributed by atoms with van der Waals surface area (Å²) in [7, 11) is 1.76. The number of hydrogen-bond donors (Lipinski definition) is 0. The molecule has 0 atom stereocenters. The molecule has 1 aromatic heterocycles. The number of Topliss-reactive ketones (excluding diaryl/α,β-unsaturated/α-hetero) is 1. The van der Waals surface area contributed by atoms with Gasteiger partial charge in [0.15, 0.2) is 5.78 Å². The first-order chi connectivity index (χ1) is 12.7. The van der Waals surface area contributed by atoms with Crippen molar-refractivity contribution >= 4 is 54.9 Å². The van der Waals surface area contributed by atoms with Crippen LogP contribution >= 0.6 is 34.8 Å². The molecule has 0 unspecified atom stereocenters. The molecular weight excluding hydrogens is 461 g/mol. The van der Waals surface area contributed by atoms with Gasteiger partial charge >= 0.3 is 0 Å². The fourth-order valence-corrected chi connectivity index (χ4v) is 3.71.